The van der Waals surface area contributed by atoms with E-state index in [9.17, 15) is 4.79 Å². The number of carboxylic acid groups (broad SMARTS) is 1. The van der Waals surface area contributed by atoms with Crippen molar-refractivity contribution in [1.82, 2.24) is 0 Å². The number of benzene rings is 1. The quantitative estimate of drug-likeness (QED) is 0.704. The standard InChI is InChI=1S/C10H11NO3/c1-14-8-4-2-3-7(5-8)6-9(11)10(12)13/h2-6H,11H2,1H3,(H,12,13)/b9-6+. The first-order chi connectivity index (χ1) is 6.63. The molecule has 0 bridgehead atoms. The minimum absolute atomic E-state index is 0.196. The van der Waals surface area contributed by atoms with Gasteiger partial charge in [-0.05, 0) is 23.8 Å². The van der Waals surface area contributed by atoms with E-state index < -0.39 is 5.97 Å². The Labute approximate surface area is 81.6 Å². The second kappa shape index (κ2) is 4.32. The molecule has 0 unspecified atom stereocenters. The summed E-state index contributed by atoms with van der Waals surface area (Å²) in [7, 11) is 1.55. The average molecular weight is 193 g/mol. The zero-order chi connectivity index (χ0) is 10.6. The SMILES string of the molecule is COc1cccc(/C=C(/N)C(=O)O)c1. The highest BCUT2D eigenvalue weighted by Gasteiger charge is 2.01. The van der Waals surface area contributed by atoms with Gasteiger partial charge in [0.25, 0.3) is 0 Å². The molecule has 1 aromatic rings. The van der Waals surface area contributed by atoms with E-state index in [4.69, 9.17) is 15.6 Å². The molecule has 3 N–H and O–H groups in total. The summed E-state index contributed by atoms with van der Waals surface area (Å²) >= 11 is 0. The largest absolute Gasteiger partial charge is 0.497 e. The van der Waals surface area contributed by atoms with Gasteiger partial charge >= 0.3 is 5.97 Å². The highest BCUT2D eigenvalue weighted by Crippen LogP contribution is 2.14. The van der Waals surface area contributed by atoms with Crippen LogP contribution in [0.1, 0.15) is 5.56 Å². The predicted molar refractivity (Wildman–Crippen MR) is 52.8 cm³/mol. The van der Waals surface area contributed by atoms with E-state index >= 15 is 0 Å². The monoisotopic (exact) mass is 193 g/mol. The topological polar surface area (TPSA) is 72.5 Å². The van der Waals surface area contributed by atoms with Crippen LogP contribution in [-0.4, -0.2) is 18.2 Å². The van der Waals surface area contributed by atoms with Gasteiger partial charge in [0, 0.05) is 0 Å². The molecule has 0 saturated carbocycles. The van der Waals surface area contributed by atoms with Crippen molar-refractivity contribution >= 4 is 12.0 Å². The summed E-state index contributed by atoms with van der Waals surface area (Å²) in [6.07, 6.45) is 1.38. The van der Waals surface area contributed by atoms with Gasteiger partial charge in [-0.15, -0.1) is 0 Å². The molecule has 1 rings (SSSR count). The third-order valence-electron chi connectivity index (χ3n) is 1.66. The van der Waals surface area contributed by atoms with Crippen molar-refractivity contribution < 1.29 is 14.6 Å². The fraction of sp³-hybridized carbons (Fsp3) is 0.100. The number of aliphatic carboxylic acids is 1. The van der Waals surface area contributed by atoms with E-state index in [-0.39, 0.29) is 5.70 Å². The molecule has 14 heavy (non-hydrogen) atoms. The van der Waals surface area contributed by atoms with Crippen molar-refractivity contribution in [2.45, 2.75) is 0 Å². The van der Waals surface area contributed by atoms with Crippen molar-refractivity contribution in [3.05, 3.63) is 35.5 Å². The third kappa shape index (κ3) is 2.52. The summed E-state index contributed by atoms with van der Waals surface area (Å²) in [6, 6.07) is 6.99. The van der Waals surface area contributed by atoms with Crippen molar-refractivity contribution in [2.24, 2.45) is 5.73 Å². The molecule has 0 fully saturated rings. The van der Waals surface area contributed by atoms with Gasteiger partial charge in [-0.3, -0.25) is 0 Å². The Balaban J connectivity index is 2.97. The first-order valence-corrected chi connectivity index (χ1v) is 3.98. The molecule has 0 spiro atoms. The Bertz CT molecular complexity index is 371. The predicted octanol–water partition coefficient (Wildman–Crippen LogP) is 1.08. The van der Waals surface area contributed by atoms with Gasteiger partial charge in [-0.2, -0.15) is 0 Å². The van der Waals surface area contributed by atoms with E-state index in [0.29, 0.717) is 11.3 Å². The number of hydrogen-bond donors (Lipinski definition) is 2. The van der Waals surface area contributed by atoms with Crippen LogP contribution in [-0.2, 0) is 4.79 Å². The van der Waals surface area contributed by atoms with Crippen LogP contribution in [0.5, 0.6) is 5.75 Å². The summed E-state index contributed by atoms with van der Waals surface area (Å²) in [5.41, 5.74) is 5.76. The Morgan fingerprint density at radius 3 is 2.86 bits per heavy atom. The summed E-state index contributed by atoms with van der Waals surface area (Å²) < 4.78 is 4.98. The maximum atomic E-state index is 10.4. The van der Waals surface area contributed by atoms with Gasteiger partial charge in [0.2, 0.25) is 0 Å². The minimum atomic E-state index is -1.13. The number of ether oxygens (including phenoxy) is 1. The molecule has 0 aromatic heterocycles. The van der Waals surface area contributed by atoms with Crippen LogP contribution in [0.2, 0.25) is 0 Å². The van der Waals surface area contributed by atoms with Crippen LogP contribution in [0.25, 0.3) is 6.08 Å². The highest BCUT2D eigenvalue weighted by atomic mass is 16.5. The number of carboxylic acids is 1. The zero-order valence-electron chi connectivity index (χ0n) is 7.73. The van der Waals surface area contributed by atoms with Crippen LogP contribution in [0, 0.1) is 0 Å². The smallest absolute Gasteiger partial charge is 0.351 e. The molecule has 4 heteroatoms. The minimum Gasteiger partial charge on any atom is -0.497 e. The molecule has 0 radical (unpaired) electrons. The Morgan fingerprint density at radius 1 is 1.57 bits per heavy atom. The third-order valence-corrected chi connectivity index (χ3v) is 1.66. The molecular weight excluding hydrogens is 182 g/mol. The van der Waals surface area contributed by atoms with Gasteiger partial charge in [-0.25, -0.2) is 4.79 Å². The number of hydrogen-bond acceptors (Lipinski definition) is 3. The number of carbonyl (C=O) groups is 1. The molecule has 1 aromatic carbocycles. The molecule has 0 saturated heterocycles. The first kappa shape index (κ1) is 10.1. The van der Waals surface area contributed by atoms with Gasteiger partial charge < -0.3 is 15.6 Å². The molecule has 0 aliphatic heterocycles. The van der Waals surface area contributed by atoms with Crippen LogP contribution in [0.3, 0.4) is 0 Å². The molecule has 0 amide bonds. The molecule has 4 nitrogen and oxygen atoms in total. The zero-order valence-corrected chi connectivity index (χ0v) is 7.73. The highest BCUT2D eigenvalue weighted by molar-refractivity contribution is 5.91. The van der Waals surface area contributed by atoms with E-state index in [0.717, 1.165) is 0 Å². The van der Waals surface area contributed by atoms with Gasteiger partial charge in [0.1, 0.15) is 11.4 Å². The Morgan fingerprint density at radius 2 is 2.29 bits per heavy atom. The second-order valence-electron chi connectivity index (χ2n) is 2.68. The molecule has 0 aliphatic carbocycles. The van der Waals surface area contributed by atoms with Crippen LogP contribution in [0.4, 0.5) is 0 Å². The summed E-state index contributed by atoms with van der Waals surface area (Å²) in [6.45, 7) is 0. The summed E-state index contributed by atoms with van der Waals surface area (Å²) in [5.74, 6) is -0.468. The lowest BCUT2D eigenvalue weighted by Gasteiger charge is -2.00. The first-order valence-electron chi connectivity index (χ1n) is 3.98. The van der Waals surface area contributed by atoms with Crippen LogP contribution < -0.4 is 10.5 Å². The van der Waals surface area contributed by atoms with Crippen molar-refractivity contribution in [3.63, 3.8) is 0 Å². The van der Waals surface area contributed by atoms with E-state index in [2.05, 4.69) is 0 Å². The maximum absolute atomic E-state index is 10.4. The number of nitrogens with two attached hydrogens (primary N) is 1. The normalized spacial score (nSPS) is 11.1. The van der Waals surface area contributed by atoms with E-state index in [1.165, 1.54) is 6.08 Å². The van der Waals surface area contributed by atoms with Gasteiger partial charge in [0.15, 0.2) is 0 Å². The summed E-state index contributed by atoms with van der Waals surface area (Å²) in [5, 5.41) is 8.55. The molecule has 0 aliphatic rings. The molecule has 0 atom stereocenters. The Kier molecular flexibility index (Phi) is 3.12. The lowest BCUT2D eigenvalue weighted by Crippen LogP contribution is -2.09. The molecule has 0 heterocycles. The van der Waals surface area contributed by atoms with E-state index in [1.807, 2.05) is 0 Å². The van der Waals surface area contributed by atoms with Crippen molar-refractivity contribution in [3.8, 4) is 5.75 Å². The number of methoxy groups -OCH3 is 1. The molecule has 74 valence electrons. The van der Waals surface area contributed by atoms with Gasteiger partial charge in [0.05, 0.1) is 7.11 Å². The maximum Gasteiger partial charge on any atom is 0.351 e. The fourth-order valence-electron chi connectivity index (χ4n) is 0.973. The van der Waals surface area contributed by atoms with Crippen LogP contribution >= 0.6 is 0 Å². The van der Waals surface area contributed by atoms with Crippen molar-refractivity contribution in [1.29, 1.82) is 0 Å². The van der Waals surface area contributed by atoms with Gasteiger partial charge in [-0.1, -0.05) is 12.1 Å². The van der Waals surface area contributed by atoms with Crippen LogP contribution in [0.15, 0.2) is 30.0 Å². The molecular formula is C10H11NO3. The Hall–Kier alpha value is -1.97. The lowest BCUT2D eigenvalue weighted by atomic mass is 10.2. The second-order valence-corrected chi connectivity index (χ2v) is 2.68. The fourth-order valence-corrected chi connectivity index (χ4v) is 0.973. The average Bonchev–Trinajstić information content (AvgIpc) is 2.18. The van der Waals surface area contributed by atoms with E-state index in [1.54, 1.807) is 31.4 Å². The number of rotatable bonds is 3. The lowest BCUT2D eigenvalue weighted by molar-refractivity contribution is -0.132. The van der Waals surface area contributed by atoms with Crippen molar-refractivity contribution in [2.75, 3.05) is 7.11 Å². The summed E-state index contributed by atoms with van der Waals surface area (Å²) in [4.78, 5) is 10.4.